The van der Waals surface area contributed by atoms with Crippen LogP contribution in [0.25, 0.3) is 0 Å². The van der Waals surface area contributed by atoms with Crippen molar-refractivity contribution in [3.63, 3.8) is 0 Å². The molecule has 0 spiro atoms. The van der Waals surface area contributed by atoms with Crippen LogP contribution in [0, 0.1) is 16.0 Å². The summed E-state index contributed by atoms with van der Waals surface area (Å²) in [6, 6.07) is 9.19. The number of ketones is 3. The molecule has 0 radical (unpaired) electrons. The number of Topliss-reactive ketones (excluding diaryl/α,β-unsaturated/α-hetero) is 3. The quantitative estimate of drug-likeness (QED) is 0.470. The maximum absolute atomic E-state index is 12.5. The van der Waals surface area contributed by atoms with E-state index in [1.54, 1.807) is 18.2 Å². The van der Waals surface area contributed by atoms with Crippen molar-refractivity contribution in [2.45, 2.75) is 25.2 Å². The Labute approximate surface area is 142 Å². The highest BCUT2D eigenvalue weighted by molar-refractivity contribution is 6.21. The fourth-order valence-corrected chi connectivity index (χ4v) is 3.19. The van der Waals surface area contributed by atoms with Gasteiger partial charge in [0, 0.05) is 36.8 Å². The summed E-state index contributed by atoms with van der Waals surface area (Å²) in [6.07, 6.45) is 1.25. The minimum atomic E-state index is -1.34. The van der Waals surface area contributed by atoms with Gasteiger partial charge >= 0.3 is 0 Å². The van der Waals surface area contributed by atoms with Crippen molar-refractivity contribution < 1.29 is 23.7 Å². The van der Waals surface area contributed by atoms with E-state index in [-0.39, 0.29) is 36.4 Å². The van der Waals surface area contributed by atoms with Crippen molar-refractivity contribution in [2.75, 3.05) is 0 Å². The van der Waals surface area contributed by atoms with Gasteiger partial charge in [0.25, 0.3) is 5.69 Å². The van der Waals surface area contributed by atoms with Crippen LogP contribution in [0.3, 0.4) is 0 Å². The number of carbonyl (C=O) groups excluding carboxylic acids is 3. The molecule has 0 amide bonds. The van der Waals surface area contributed by atoms with E-state index in [2.05, 4.69) is 0 Å². The van der Waals surface area contributed by atoms with Crippen molar-refractivity contribution in [1.82, 2.24) is 0 Å². The fourth-order valence-electron chi connectivity index (χ4n) is 3.19. The first-order chi connectivity index (χ1) is 12.0. The molecule has 1 aromatic carbocycles. The molecule has 0 atom stereocenters. The Hall–Kier alpha value is -3.09. The van der Waals surface area contributed by atoms with Crippen LogP contribution in [-0.4, -0.2) is 22.3 Å². The van der Waals surface area contributed by atoms with Gasteiger partial charge in [-0.25, -0.2) is 0 Å². The zero-order chi connectivity index (χ0) is 18.0. The van der Waals surface area contributed by atoms with Gasteiger partial charge in [-0.3, -0.25) is 24.5 Å². The Morgan fingerprint density at radius 1 is 1.12 bits per heavy atom. The number of hydrogen-bond acceptors (Lipinski definition) is 6. The molecule has 7 nitrogen and oxygen atoms in total. The van der Waals surface area contributed by atoms with Crippen LogP contribution < -0.4 is 0 Å². The van der Waals surface area contributed by atoms with Gasteiger partial charge in [-0.05, 0) is 12.1 Å². The summed E-state index contributed by atoms with van der Waals surface area (Å²) in [7, 11) is 0. The van der Waals surface area contributed by atoms with Gasteiger partial charge in [0.2, 0.25) is 0 Å². The van der Waals surface area contributed by atoms with Gasteiger partial charge in [0.15, 0.2) is 17.3 Å². The van der Waals surface area contributed by atoms with Gasteiger partial charge in [-0.1, -0.05) is 18.2 Å². The third-order valence-corrected chi connectivity index (χ3v) is 4.36. The summed E-state index contributed by atoms with van der Waals surface area (Å²) >= 11 is 0. The second-order valence-corrected chi connectivity index (χ2v) is 6.02. The highest BCUT2D eigenvalue weighted by Gasteiger charge is 2.41. The summed E-state index contributed by atoms with van der Waals surface area (Å²) < 4.78 is 5.24. The van der Waals surface area contributed by atoms with Crippen LogP contribution in [0.4, 0.5) is 5.69 Å². The molecule has 0 unspecified atom stereocenters. The van der Waals surface area contributed by atoms with Crippen molar-refractivity contribution in [1.29, 1.82) is 0 Å². The Kier molecular flexibility index (Phi) is 4.56. The monoisotopic (exact) mass is 341 g/mol. The number of hydrogen-bond donors (Lipinski definition) is 0. The van der Waals surface area contributed by atoms with E-state index in [0.717, 1.165) is 0 Å². The predicted octanol–water partition coefficient (Wildman–Crippen LogP) is 2.63. The van der Waals surface area contributed by atoms with Crippen molar-refractivity contribution in [3.05, 3.63) is 64.1 Å². The summed E-state index contributed by atoms with van der Waals surface area (Å²) in [5.74, 6) is -2.66. The lowest BCUT2D eigenvalue weighted by molar-refractivity contribution is -0.385. The minimum Gasteiger partial charge on any atom is -0.469 e. The number of nitro benzene ring substituents is 1. The molecular formula is C18H15NO6. The third-order valence-electron chi connectivity index (χ3n) is 4.36. The van der Waals surface area contributed by atoms with Crippen LogP contribution >= 0.6 is 0 Å². The smallest absolute Gasteiger partial charge is 0.273 e. The molecule has 128 valence electrons. The van der Waals surface area contributed by atoms with Gasteiger partial charge < -0.3 is 4.42 Å². The number of para-hydroxylation sites is 1. The Bertz CT molecular complexity index is 821. The molecule has 1 fully saturated rings. The SMILES string of the molecule is O=C(Cc1ccccc1[N+](=O)[O-])C1C(=O)CC(c2ccco2)CC1=O. The largest absolute Gasteiger partial charge is 0.469 e. The van der Waals surface area contributed by atoms with Gasteiger partial charge in [0.1, 0.15) is 11.7 Å². The first-order valence-electron chi connectivity index (χ1n) is 7.81. The number of furan rings is 1. The van der Waals surface area contributed by atoms with Crippen LogP contribution in [0.2, 0.25) is 0 Å². The molecule has 0 saturated heterocycles. The van der Waals surface area contributed by atoms with Gasteiger partial charge in [-0.15, -0.1) is 0 Å². The maximum Gasteiger partial charge on any atom is 0.273 e. The van der Waals surface area contributed by atoms with Crippen LogP contribution in [0.15, 0.2) is 47.1 Å². The molecule has 2 aromatic rings. The number of nitro groups is 1. The van der Waals surface area contributed by atoms with Gasteiger partial charge in [0.05, 0.1) is 11.2 Å². The average molecular weight is 341 g/mol. The lowest BCUT2D eigenvalue weighted by Crippen LogP contribution is -2.38. The van der Waals surface area contributed by atoms with E-state index in [9.17, 15) is 24.5 Å². The number of carbonyl (C=O) groups is 3. The molecule has 3 rings (SSSR count). The number of nitrogens with zero attached hydrogens (tertiary/aromatic N) is 1. The fraction of sp³-hybridized carbons (Fsp3) is 0.278. The minimum absolute atomic E-state index is 0.0482. The van der Waals surface area contributed by atoms with Crippen molar-refractivity contribution in [2.24, 2.45) is 5.92 Å². The lowest BCUT2D eigenvalue weighted by atomic mass is 9.76. The van der Waals surface area contributed by atoms with Crippen LogP contribution in [0.5, 0.6) is 0 Å². The highest BCUT2D eigenvalue weighted by atomic mass is 16.6. The number of benzene rings is 1. The van der Waals surface area contributed by atoms with E-state index >= 15 is 0 Å². The Morgan fingerprint density at radius 3 is 2.40 bits per heavy atom. The lowest BCUT2D eigenvalue weighted by Gasteiger charge is -2.24. The summed E-state index contributed by atoms with van der Waals surface area (Å²) in [4.78, 5) is 47.6. The van der Waals surface area contributed by atoms with Crippen LogP contribution in [0.1, 0.15) is 30.1 Å². The van der Waals surface area contributed by atoms with E-state index in [4.69, 9.17) is 4.42 Å². The average Bonchev–Trinajstić information content (AvgIpc) is 3.09. The first kappa shape index (κ1) is 16.8. The molecule has 0 bridgehead atoms. The van der Waals surface area contributed by atoms with E-state index in [1.165, 1.54) is 24.5 Å². The molecule has 1 heterocycles. The molecule has 1 saturated carbocycles. The molecule has 7 heteroatoms. The number of rotatable bonds is 5. The molecular weight excluding hydrogens is 326 g/mol. The third kappa shape index (κ3) is 3.40. The van der Waals surface area contributed by atoms with E-state index < -0.39 is 28.2 Å². The predicted molar refractivity (Wildman–Crippen MR) is 86.0 cm³/mol. The molecule has 0 N–H and O–H groups in total. The summed E-state index contributed by atoms with van der Waals surface area (Å²) in [6.45, 7) is 0. The topological polar surface area (TPSA) is 107 Å². The Balaban J connectivity index is 1.76. The second-order valence-electron chi connectivity index (χ2n) is 6.02. The molecule has 1 aliphatic rings. The normalized spacial score (nSPS) is 20.5. The summed E-state index contributed by atoms with van der Waals surface area (Å²) in [5.41, 5.74) is 0.00581. The zero-order valence-electron chi connectivity index (χ0n) is 13.2. The van der Waals surface area contributed by atoms with E-state index in [0.29, 0.717) is 5.76 Å². The highest BCUT2D eigenvalue weighted by Crippen LogP contribution is 2.33. The molecule has 1 aliphatic carbocycles. The molecule has 25 heavy (non-hydrogen) atoms. The summed E-state index contributed by atoms with van der Waals surface area (Å²) in [5, 5.41) is 11.0. The van der Waals surface area contributed by atoms with E-state index in [1.807, 2.05) is 0 Å². The zero-order valence-corrected chi connectivity index (χ0v) is 13.2. The first-order valence-corrected chi connectivity index (χ1v) is 7.81. The van der Waals surface area contributed by atoms with Crippen molar-refractivity contribution >= 4 is 23.0 Å². The molecule has 1 aromatic heterocycles. The van der Waals surface area contributed by atoms with Crippen LogP contribution in [-0.2, 0) is 20.8 Å². The molecule has 0 aliphatic heterocycles. The van der Waals surface area contributed by atoms with Gasteiger partial charge in [-0.2, -0.15) is 0 Å². The standard InChI is InChI=1S/C18H15NO6/c20-14(8-11-4-1-2-5-13(11)19(23)24)18-15(21)9-12(10-16(18)22)17-6-3-7-25-17/h1-7,12,18H,8-10H2. The van der Waals surface area contributed by atoms with Crippen molar-refractivity contribution in [3.8, 4) is 0 Å². The second kappa shape index (κ2) is 6.80. The Morgan fingerprint density at radius 2 is 1.80 bits per heavy atom. The maximum atomic E-state index is 12.5.